The van der Waals surface area contributed by atoms with E-state index >= 15 is 0 Å². The molecule has 6 heteroatoms. The van der Waals surface area contributed by atoms with Gasteiger partial charge in [0.2, 0.25) is 0 Å². The molecule has 0 aliphatic heterocycles. The van der Waals surface area contributed by atoms with Crippen LogP contribution in [0.4, 0.5) is 10.5 Å². The largest absolute Gasteiger partial charge is 0.334 e. The van der Waals surface area contributed by atoms with Crippen LogP contribution in [-0.4, -0.2) is 15.8 Å². The van der Waals surface area contributed by atoms with Crippen molar-refractivity contribution in [2.75, 3.05) is 5.32 Å². The Morgan fingerprint density at radius 2 is 1.95 bits per heavy atom. The van der Waals surface area contributed by atoms with Crippen molar-refractivity contribution in [3.05, 3.63) is 45.7 Å². The number of carbonyl (C=O) groups is 1. The molecule has 2 amide bonds. The molecule has 1 heterocycles. The maximum Gasteiger partial charge on any atom is 0.319 e. The molecule has 20 heavy (non-hydrogen) atoms. The summed E-state index contributed by atoms with van der Waals surface area (Å²) >= 11 is 3.35. The summed E-state index contributed by atoms with van der Waals surface area (Å²) in [4.78, 5) is 11.8. The number of amides is 2. The molecular formula is C14H17BrN4O. The van der Waals surface area contributed by atoms with Gasteiger partial charge in [-0.25, -0.2) is 4.79 Å². The van der Waals surface area contributed by atoms with Crippen LogP contribution in [0, 0.1) is 13.8 Å². The second-order valence-electron chi connectivity index (χ2n) is 4.59. The smallest absolute Gasteiger partial charge is 0.319 e. The third-order valence-corrected chi connectivity index (χ3v) is 3.72. The molecule has 2 aromatic rings. The zero-order valence-corrected chi connectivity index (χ0v) is 13.3. The Kier molecular flexibility index (Phi) is 4.44. The maximum absolute atomic E-state index is 11.8. The first-order valence-electron chi connectivity index (χ1n) is 6.27. The van der Waals surface area contributed by atoms with E-state index in [4.69, 9.17) is 0 Å². The summed E-state index contributed by atoms with van der Waals surface area (Å²) in [7, 11) is 1.90. The minimum absolute atomic E-state index is 0.227. The number of aromatic nitrogens is 2. The van der Waals surface area contributed by atoms with E-state index in [2.05, 4.69) is 31.7 Å². The van der Waals surface area contributed by atoms with Gasteiger partial charge in [0, 0.05) is 35.0 Å². The molecule has 0 aliphatic rings. The van der Waals surface area contributed by atoms with Crippen LogP contribution in [0.2, 0.25) is 0 Å². The third kappa shape index (κ3) is 3.39. The Morgan fingerprint density at radius 3 is 2.50 bits per heavy atom. The van der Waals surface area contributed by atoms with Crippen molar-refractivity contribution < 1.29 is 4.79 Å². The molecule has 1 aromatic carbocycles. The van der Waals surface area contributed by atoms with Crippen molar-refractivity contribution in [3.8, 4) is 0 Å². The predicted octanol–water partition coefficient (Wildman–Crippen LogP) is 3.12. The highest BCUT2D eigenvalue weighted by Crippen LogP contribution is 2.14. The fraction of sp³-hybridized carbons (Fsp3) is 0.286. The Morgan fingerprint density at radius 1 is 1.30 bits per heavy atom. The van der Waals surface area contributed by atoms with Gasteiger partial charge >= 0.3 is 6.03 Å². The lowest BCUT2D eigenvalue weighted by Gasteiger charge is -2.08. The zero-order chi connectivity index (χ0) is 14.7. The van der Waals surface area contributed by atoms with Crippen molar-refractivity contribution >= 4 is 27.6 Å². The molecule has 106 valence electrons. The number of rotatable bonds is 3. The normalized spacial score (nSPS) is 10.4. The molecular weight excluding hydrogens is 320 g/mol. The summed E-state index contributed by atoms with van der Waals surface area (Å²) in [5.74, 6) is 0. The fourth-order valence-corrected chi connectivity index (χ4v) is 2.21. The lowest BCUT2D eigenvalue weighted by molar-refractivity contribution is 0.251. The molecule has 0 fully saturated rings. The average molecular weight is 337 g/mol. The second-order valence-corrected chi connectivity index (χ2v) is 5.50. The van der Waals surface area contributed by atoms with Gasteiger partial charge in [-0.05, 0) is 38.1 Å². The first-order chi connectivity index (χ1) is 9.47. The molecule has 0 unspecified atom stereocenters. The van der Waals surface area contributed by atoms with E-state index < -0.39 is 0 Å². The van der Waals surface area contributed by atoms with E-state index in [9.17, 15) is 4.79 Å². The molecule has 0 aliphatic carbocycles. The van der Waals surface area contributed by atoms with Gasteiger partial charge in [-0.1, -0.05) is 15.9 Å². The first-order valence-corrected chi connectivity index (χ1v) is 7.06. The molecule has 0 atom stereocenters. The standard InChI is InChI=1S/C14H17BrN4O/c1-9-13(10(2)19(3)18-9)8-16-14(20)17-12-6-4-11(15)5-7-12/h4-7H,8H2,1-3H3,(H2,16,17,20). The van der Waals surface area contributed by atoms with Crippen molar-refractivity contribution in [3.63, 3.8) is 0 Å². The Hall–Kier alpha value is -1.82. The molecule has 0 radical (unpaired) electrons. The van der Waals surface area contributed by atoms with Crippen LogP contribution in [0.15, 0.2) is 28.7 Å². The summed E-state index contributed by atoms with van der Waals surface area (Å²) in [5.41, 5.74) is 3.81. The van der Waals surface area contributed by atoms with Crippen LogP contribution in [0.25, 0.3) is 0 Å². The summed E-state index contributed by atoms with van der Waals surface area (Å²) in [5, 5.41) is 9.95. The minimum Gasteiger partial charge on any atom is -0.334 e. The number of hydrogen-bond donors (Lipinski definition) is 2. The van der Waals surface area contributed by atoms with Crippen LogP contribution in [0.1, 0.15) is 17.0 Å². The highest BCUT2D eigenvalue weighted by Gasteiger charge is 2.10. The van der Waals surface area contributed by atoms with E-state index in [1.807, 2.05) is 49.8 Å². The number of halogens is 1. The number of nitrogens with zero attached hydrogens (tertiary/aromatic N) is 2. The average Bonchev–Trinajstić information content (AvgIpc) is 2.64. The van der Waals surface area contributed by atoms with Crippen molar-refractivity contribution in [2.45, 2.75) is 20.4 Å². The van der Waals surface area contributed by atoms with Crippen molar-refractivity contribution in [2.24, 2.45) is 7.05 Å². The lowest BCUT2D eigenvalue weighted by atomic mass is 10.2. The molecule has 2 rings (SSSR count). The van der Waals surface area contributed by atoms with Gasteiger partial charge in [-0.2, -0.15) is 5.10 Å². The number of carbonyl (C=O) groups excluding carboxylic acids is 1. The lowest BCUT2D eigenvalue weighted by Crippen LogP contribution is -2.28. The molecule has 0 saturated heterocycles. The topological polar surface area (TPSA) is 59.0 Å². The summed E-state index contributed by atoms with van der Waals surface area (Å²) < 4.78 is 2.80. The molecule has 5 nitrogen and oxygen atoms in total. The zero-order valence-electron chi connectivity index (χ0n) is 11.7. The molecule has 0 saturated carbocycles. The summed E-state index contributed by atoms with van der Waals surface area (Å²) in [6.45, 7) is 4.40. The summed E-state index contributed by atoms with van der Waals surface area (Å²) in [6.07, 6.45) is 0. The van der Waals surface area contributed by atoms with E-state index in [1.54, 1.807) is 0 Å². The van der Waals surface area contributed by atoms with Crippen molar-refractivity contribution in [1.29, 1.82) is 0 Å². The number of aryl methyl sites for hydroxylation is 2. The van der Waals surface area contributed by atoms with Crippen LogP contribution in [0.3, 0.4) is 0 Å². The molecule has 0 spiro atoms. The molecule has 1 aromatic heterocycles. The van der Waals surface area contributed by atoms with Gasteiger partial charge in [-0.3, -0.25) is 4.68 Å². The Labute approximate surface area is 126 Å². The SMILES string of the molecule is Cc1nn(C)c(C)c1CNC(=O)Nc1ccc(Br)cc1. The van der Waals surface area contributed by atoms with Gasteiger partial charge in [0.1, 0.15) is 0 Å². The van der Waals surface area contributed by atoms with E-state index in [0.29, 0.717) is 6.54 Å². The van der Waals surface area contributed by atoms with Gasteiger partial charge in [0.05, 0.1) is 5.69 Å². The number of benzene rings is 1. The number of anilines is 1. The highest BCUT2D eigenvalue weighted by molar-refractivity contribution is 9.10. The number of nitrogens with one attached hydrogen (secondary N) is 2. The molecule has 2 N–H and O–H groups in total. The Bertz CT molecular complexity index is 619. The van der Waals surface area contributed by atoms with E-state index in [-0.39, 0.29) is 6.03 Å². The highest BCUT2D eigenvalue weighted by atomic mass is 79.9. The van der Waals surface area contributed by atoms with Crippen LogP contribution >= 0.6 is 15.9 Å². The second kappa shape index (κ2) is 6.09. The predicted molar refractivity (Wildman–Crippen MR) is 82.7 cm³/mol. The van der Waals surface area contributed by atoms with E-state index in [0.717, 1.165) is 27.1 Å². The van der Waals surface area contributed by atoms with Crippen molar-refractivity contribution in [1.82, 2.24) is 15.1 Å². The fourth-order valence-electron chi connectivity index (χ4n) is 1.95. The van der Waals surface area contributed by atoms with Gasteiger partial charge in [-0.15, -0.1) is 0 Å². The van der Waals surface area contributed by atoms with Crippen LogP contribution in [-0.2, 0) is 13.6 Å². The quantitative estimate of drug-likeness (QED) is 0.904. The van der Waals surface area contributed by atoms with Gasteiger partial charge in [0.25, 0.3) is 0 Å². The summed E-state index contributed by atoms with van der Waals surface area (Å²) in [6, 6.07) is 7.21. The maximum atomic E-state index is 11.8. The van der Waals surface area contributed by atoms with Crippen LogP contribution < -0.4 is 10.6 Å². The Balaban J connectivity index is 1.94. The number of hydrogen-bond acceptors (Lipinski definition) is 2. The van der Waals surface area contributed by atoms with Gasteiger partial charge < -0.3 is 10.6 Å². The van der Waals surface area contributed by atoms with Gasteiger partial charge in [0.15, 0.2) is 0 Å². The monoisotopic (exact) mass is 336 g/mol. The first kappa shape index (κ1) is 14.6. The van der Waals surface area contributed by atoms with Crippen LogP contribution in [0.5, 0.6) is 0 Å². The third-order valence-electron chi connectivity index (χ3n) is 3.19. The minimum atomic E-state index is -0.227. The van der Waals surface area contributed by atoms with E-state index in [1.165, 1.54) is 0 Å². The molecule has 0 bridgehead atoms. The number of urea groups is 1.